The van der Waals surface area contributed by atoms with Crippen molar-refractivity contribution in [3.63, 3.8) is 0 Å². The minimum absolute atomic E-state index is 0.0522. The molecular formula is C29H29N3O8S. The van der Waals surface area contributed by atoms with Crippen LogP contribution in [0.25, 0.3) is 21.9 Å². The molecule has 0 fully saturated rings. The first-order chi connectivity index (χ1) is 19.4. The summed E-state index contributed by atoms with van der Waals surface area (Å²) in [6.07, 6.45) is 0.715. The van der Waals surface area contributed by atoms with Gasteiger partial charge in [0, 0.05) is 29.3 Å². The maximum Gasteiger partial charge on any atom is 0.336 e. The van der Waals surface area contributed by atoms with Gasteiger partial charge < -0.3 is 25.6 Å². The van der Waals surface area contributed by atoms with Gasteiger partial charge in [0.1, 0.15) is 18.2 Å². The van der Waals surface area contributed by atoms with E-state index in [-0.39, 0.29) is 11.4 Å². The average Bonchev–Trinajstić information content (AvgIpc) is 2.92. The number of anilines is 1. The number of nitrogens with one attached hydrogen (secondary N) is 2. The zero-order valence-corrected chi connectivity index (χ0v) is 23.1. The van der Waals surface area contributed by atoms with Gasteiger partial charge in [-0.1, -0.05) is 30.3 Å². The minimum Gasteiger partial charge on any atom is -0.491 e. The second-order valence-electron chi connectivity index (χ2n) is 8.75. The van der Waals surface area contributed by atoms with E-state index in [9.17, 15) is 23.1 Å². The Balaban J connectivity index is 0.000000850. The third-order valence-electron chi connectivity index (χ3n) is 5.67. The van der Waals surface area contributed by atoms with Crippen LogP contribution < -0.4 is 15.8 Å². The summed E-state index contributed by atoms with van der Waals surface area (Å²) in [5.74, 6) is -1.02. The Morgan fingerprint density at radius 2 is 1.59 bits per heavy atom. The van der Waals surface area contributed by atoms with Crippen LogP contribution in [-0.2, 0) is 14.9 Å². The maximum absolute atomic E-state index is 13.2. The van der Waals surface area contributed by atoms with Gasteiger partial charge in [-0.15, -0.1) is 0 Å². The van der Waals surface area contributed by atoms with Gasteiger partial charge in [0.2, 0.25) is 0 Å². The molecule has 4 aromatic carbocycles. The van der Waals surface area contributed by atoms with Gasteiger partial charge in [-0.3, -0.25) is 14.8 Å². The molecule has 0 spiro atoms. The molecule has 0 heterocycles. The van der Waals surface area contributed by atoms with E-state index in [2.05, 4.69) is 5.32 Å². The number of nitrogen functional groups attached to an aromatic ring is 1. The molecule has 12 heteroatoms. The monoisotopic (exact) mass is 579 g/mol. The van der Waals surface area contributed by atoms with Gasteiger partial charge in [-0.2, -0.15) is 8.42 Å². The van der Waals surface area contributed by atoms with Crippen LogP contribution in [0.5, 0.6) is 5.75 Å². The standard InChI is InChI=1S/C28H25N3O5.CH4O3S/c1-35-13-14-36-25-8-4-5-18-15-23(24(28(33)34)16-22(18)25)20-6-2-3-7-21(20)27(32)31-19-11-9-17(10-12-19)26(29)30;1-5(2,3)4/h2-12,15-16H,13-14H2,1H3,(H3,29,30)(H,31,32)(H,33,34);1H3,(H,2,3,4). The molecule has 0 saturated heterocycles. The molecule has 214 valence electrons. The summed E-state index contributed by atoms with van der Waals surface area (Å²) < 4.78 is 36.7. The molecule has 0 aliphatic carbocycles. The Kier molecular flexibility index (Phi) is 10.1. The topological polar surface area (TPSA) is 189 Å². The number of carbonyl (C=O) groups is 2. The number of fused-ring (bicyclic) bond motifs is 1. The number of carboxylic acid groups (broad SMARTS) is 1. The Morgan fingerprint density at radius 3 is 2.20 bits per heavy atom. The predicted molar refractivity (Wildman–Crippen MR) is 157 cm³/mol. The molecule has 0 radical (unpaired) electrons. The van der Waals surface area contributed by atoms with Crippen LogP contribution in [0.2, 0.25) is 0 Å². The molecular weight excluding hydrogens is 550 g/mol. The van der Waals surface area contributed by atoms with Crippen molar-refractivity contribution in [2.75, 3.05) is 31.9 Å². The lowest BCUT2D eigenvalue weighted by Gasteiger charge is -2.15. The molecule has 4 rings (SSSR count). The fourth-order valence-electron chi connectivity index (χ4n) is 3.90. The Morgan fingerprint density at radius 1 is 0.927 bits per heavy atom. The van der Waals surface area contributed by atoms with Crippen LogP contribution in [-0.4, -0.2) is 62.4 Å². The van der Waals surface area contributed by atoms with Gasteiger partial charge in [0.15, 0.2) is 0 Å². The van der Waals surface area contributed by atoms with Crippen molar-refractivity contribution in [1.29, 1.82) is 5.41 Å². The van der Waals surface area contributed by atoms with Crippen molar-refractivity contribution in [3.8, 4) is 16.9 Å². The number of carboxylic acids is 1. The summed E-state index contributed by atoms with van der Waals surface area (Å²) in [5, 5.41) is 21.8. The molecule has 0 bridgehead atoms. The summed E-state index contributed by atoms with van der Waals surface area (Å²) in [4.78, 5) is 25.5. The highest BCUT2D eigenvalue weighted by Crippen LogP contribution is 2.35. The molecule has 0 saturated carbocycles. The van der Waals surface area contributed by atoms with Gasteiger partial charge in [-0.05, 0) is 65.0 Å². The summed E-state index contributed by atoms with van der Waals surface area (Å²) in [6, 6.07) is 22.3. The van der Waals surface area contributed by atoms with Crippen molar-refractivity contribution >= 4 is 44.3 Å². The van der Waals surface area contributed by atoms with Crippen LogP contribution in [0, 0.1) is 5.41 Å². The SMILES string of the molecule is COCCOc1cccc2cc(-c3ccccc3C(=O)Nc3ccc(C(=N)N)cc3)c(C(=O)O)cc12.CS(=O)(=O)O. The fourth-order valence-corrected chi connectivity index (χ4v) is 3.90. The van der Waals surface area contributed by atoms with E-state index in [4.69, 9.17) is 25.2 Å². The van der Waals surface area contributed by atoms with Crippen molar-refractivity contribution in [2.24, 2.45) is 5.73 Å². The highest BCUT2D eigenvalue weighted by Gasteiger charge is 2.20. The van der Waals surface area contributed by atoms with E-state index in [1.165, 1.54) is 0 Å². The zero-order chi connectivity index (χ0) is 30.2. The highest BCUT2D eigenvalue weighted by molar-refractivity contribution is 7.85. The second kappa shape index (κ2) is 13.5. The van der Waals surface area contributed by atoms with Crippen molar-refractivity contribution < 1.29 is 37.1 Å². The Bertz CT molecular complexity index is 1680. The number of rotatable bonds is 9. The number of ether oxygens (including phenoxy) is 2. The van der Waals surface area contributed by atoms with Gasteiger partial charge in [0.05, 0.1) is 18.4 Å². The molecule has 0 aliphatic heterocycles. The summed E-state index contributed by atoms with van der Waals surface area (Å²) in [5.41, 5.74) is 7.84. The lowest BCUT2D eigenvalue weighted by molar-refractivity contribution is 0.0697. The maximum atomic E-state index is 13.2. The molecule has 41 heavy (non-hydrogen) atoms. The number of aromatic carboxylic acids is 1. The zero-order valence-electron chi connectivity index (χ0n) is 22.2. The van der Waals surface area contributed by atoms with E-state index in [0.717, 1.165) is 5.39 Å². The first-order valence-corrected chi connectivity index (χ1v) is 13.9. The van der Waals surface area contributed by atoms with E-state index < -0.39 is 22.0 Å². The number of methoxy groups -OCH3 is 1. The highest BCUT2D eigenvalue weighted by atomic mass is 32.2. The van der Waals surface area contributed by atoms with Crippen LogP contribution in [0.4, 0.5) is 5.69 Å². The lowest BCUT2D eigenvalue weighted by atomic mass is 9.92. The molecule has 0 aromatic heterocycles. The third kappa shape index (κ3) is 8.60. The van der Waals surface area contributed by atoms with E-state index >= 15 is 0 Å². The number of amidine groups is 1. The molecule has 0 atom stereocenters. The van der Waals surface area contributed by atoms with Crippen molar-refractivity contribution in [2.45, 2.75) is 0 Å². The van der Waals surface area contributed by atoms with Crippen LogP contribution in [0.1, 0.15) is 26.3 Å². The molecule has 0 unspecified atom stereocenters. The minimum atomic E-state index is -3.67. The van der Waals surface area contributed by atoms with Gasteiger partial charge in [-0.25, -0.2) is 4.79 Å². The second-order valence-corrected chi connectivity index (χ2v) is 10.2. The number of benzene rings is 4. The van der Waals surface area contributed by atoms with Crippen LogP contribution >= 0.6 is 0 Å². The normalized spacial score (nSPS) is 10.8. The average molecular weight is 580 g/mol. The number of amides is 1. The van der Waals surface area contributed by atoms with E-state index in [1.54, 1.807) is 73.8 Å². The number of hydrogen-bond acceptors (Lipinski definition) is 7. The predicted octanol–water partition coefficient (Wildman–Crippen LogP) is 4.27. The van der Waals surface area contributed by atoms with E-state index in [1.807, 2.05) is 12.1 Å². The number of nitrogens with two attached hydrogens (primary N) is 1. The van der Waals surface area contributed by atoms with Gasteiger partial charge in [0.25, 0.3) is 16.0 Å². The Labute approximate surface area is 236 Å². The smallest absolute Gasteiger partial charge is 0.336 e. The molecule has 11 nitrogen and oxygen atoms in total. The molecule has 6 N–H and O–H groups in total. The van der Waals surface area contributed by atoms with Crippen LogP contribution in [0.3, 0.4) is 0 Å². The molecule has 1 amide bonds. The Hall–Kier alpha value is -4.78. The molecule has 4 aromatic rings. The number of carbonyl (C=O) groups excluding carboxylic acids is 1. The summed E-state index contributed by atoms with van der Waals surface area (Å²) >= 11 is 0. The largest absolute Gasteiger partial charge is 0.491 e. The van der Waals surface area contributed by atoms with Crippen LogP contribution in [0.15, 0.2) is 78.9 Å². The third-order valence-corrected chi connectivity index (χ3v) is 5.67. The fraction of sp³-hybridized carbons (Fsp3) is 0.138. The van der Waals surface area contributed by atoms with Crippen molar-refractivity contribution in [3.05, 3.63) is 95.6 Å². The summed E-state index contributed by atoms with van der Waals surface area (Å²) in [7, 11) is -2.09. The molecule has 0 aliphatic rings. The summed E-state index contributed by atoms with van der Waals surface area (Å²) in [6.45, 7) is 0.733. The van der Waals surface area contributed by atoms with Crippen molar-refractivity contribution in [1.82, 2.24) is 0 Å². The first-order valence-electron chi connectivity index (χ1n) is 12.1. The van der Waals surface area contributed by atoms with Gasteiger partial charge >= 0.3 is 5.97 Å². The number of hydrogen-bond donors (Lipinski definition) is 5. The first kappa shape index (κ1) is 30.8. The quantitative estimate of drug-likeness (QED) is 0.0834. The lowest BCUT2D eigenvalue weighted by Crippen LogP contribution is -2.14. The van der Waals surface area contributed by atoms with E-state index in [0.29, 0.717) is 58.5 Å².